The zero-order chi connectivity index (χ0) is 13.1. The van der Waals surface area contributed by atoms with Crippen LogP contribution in [-0.2, 0) is 14.6 Å². The minimum absolute atomic E-state index is 0.0279. The minimum Gasteiger partial charge on any atom is -0.350 e. The quantitative estimate of drug-likeness (QED) is 0.706. The van der Waals surface area contributed by atoms with Crippen LogP contribution in [0, 0.1) is 5.92 Å². The van der Waals surface area contributed by atoms with E-state index < -0.39 is 34.8 Å². The Labute approximate surface area is 98.7 Å². The molecule has 5 nitrogen and oxygen atoms in total. The first-order valence-corrected chi connectivity index (χ1v) is 7.11. The monoisotopic (exact) mass is 270 g/mol. The van der Waals surface area contributed by atoms with Crippen LogP contribution in [0.25, 0.3) is 0 Å². The summed E-state index contributed by atoms with van der Waals surface area (Å²) < 4.78 is 47.7. The summed E-state index contributed by atoms with van der Waals surface area (Å²) >= 11 is 0. The van der Waals surface area contributed by atoms with E-state index in [1.54, 1.807) is 0 Å². The van der Waals surface area contributed by atoms with E-state index in [2.05, 4.69) is 5.32 Å². The van der Waals surface area contributed by atoms with Crippen molar-refractivity contribution in [3.63, 3.8) is 0 Å². The molecular formula is C9H16F2N2O3S. The van der Waals surface area contributed by atoms with Gasteiger partial charge in [0.2, 0.25) is 5.91 Å². The molecule has 1 rings (SSSR count). The molecule has 1 atom stereocenters. The third kappa shape index (κ3) is 4.95. The van der Waals surface area contributed by atoms with E-state index in [1.165, 1.54) is 0 Å². The Kier molecular flexibility index (Phi) is 4.42. The maximum absolute atomic E-state index is 12.7. The molecule has 0 spiro atoms. The van der Waals surface area contributed by atoms with Gasteiger partial charge in [-0.3, -0.25) is 4.79 Å². The van der Waals surface area contributed by atoms with Gasteiger partial charge in [-0.15, -0.1) is 0 Å². The average molecular weight is 270 g/mol. The van der Waals surface area contributed by atoms with Crippen molar-refractivity contribution in [3.05, 3.63) is 0 Å². The van der Waals surface area contributed by atoms with Crippen LogP contribution in [0.2, 0.25) is 0 Å². The van der Waals surface area contributed by atoms with Gasteiger partial charge in [-0.25, -0.2) is 17.2 Å². The van der Waals surface area contributed by atoms with Crippen molar-refractivity contribution in [3.8, 4) is 0 Å². The lowest BCUT2D eigenvalue weighted by Gasteiger charge is -2.15. The second-order valence-electron chi connectivity index (χ2n) is 4.31. The normalized spacial score (nSPS) is 23.6. The Bertz CT molecular complexity index is 384. The molecule has 1 aliphatic heterocycles. The van der Waals surface area contributed by atoms with Crippen LogP contribution < -0.4 is 11.1 Å². The van der Waals surface area contributed by atoms with Crippen molar-refractivity contribution < 1.29 is 22.0 Å². The van der Waals surface area contributed by atoms with E-state index in [4.69, 9.17) is 5.73 Å². The van der Waals surface area contributed by atoms with Gasteiger partial charge in [-0.2, -0.15) is 0 Å². The van der Waals surface area contributed by atoms with E-state index in [-0.39, 0.29) is 23.8 Å². The highest BCUT2D eigenvalue weighted by Crippen LogP contribution is 2.21. The second-order valence-corrected chi connectivity index (χ2v) is 6.54. The maximum atomic E-state index is 12.7. The molecule has 3 N–H and O–H groups in total. The highest BCUT2D eigenvalue weighted by Gasteiger charge is 2.31. The Morgan fingerprint density at radius 2 is 2.12 bits per heavy atom. The number of hydrogen-bond donors (Lipinski definition) is 2. The molecule has 1 fully saturated rings. The predicted molar refractivity (Wildman–Crippen MR) is 58.4 cm³/mol. The summed E-state index contributed by atoms with van der Waals surface area (Å²) in [4.78, 5) is 11.3. The van der Waals surface area contributed by atoms with Crippen molar-refractivity contribution >= 4 is 15.7 Å². The van der Waals surface area contributed by atoms with Gasteiger partial charge in [0.25, 0.3) is 5.92 Å². The summed E-state index contributed by atoms with van der Waals surface area (Å²) in [7, 11) is -3.04. The highest BCUT2D eigenvalue weighted by molar-refractivity contribution is 7.91. The van der Waals surface area contributed by atoms with E-state index >= 15 is 0 Å². The fraction of sp³-hybridized carbons (Fsp3) is 0.889. The number of sulfone groups is 1. The number of nitrogens with one attached hydrogen (secondary N) is 1. The number of carbonyl (C=O) groups excluding carboxylic acids is 1. The molecule has 17 heavy (non-hydrogen) atoms. The molecule has 0 aromatic carbocycles. The van der Waals surface area contributed by atoms with Crippen LogP contribution in [0.5, 0.6) is 0 Å². The zero-order valence-corrected chi connectivity index (χ0v) is 10.1. The molecule has 1 aliphatic rings. The first-order valence-electron chi connectivity index (χ1n) is 5.29. The van der Waals surface area contributed by atoms with E-state index in [1.807, 2.05) is 0 Å². The van der Waals surface area contributed by atoms with Crippen LogP contribution in [-0.4, -0.2) is 44.8 Å². The Balaban J connectivity index is 2.32. The van der Waals surface area contributed by atoms with E-state index in [9.17, 15) is 22.0 Å². The van der Waals surface area contributed by atoms with Gasteiger partial charge in [0.05, 0.1) is 24.6 Å². The Morgan fingerprint density at radius 1 is 1.47 bits per heavy atom. The number of hydrogen-bond acceptors (Lipinski definition) is 4. The molecule has 1 amide bonds. The average Bonchev–Trinajstić information content (AvgIpc) is 2.55. The summed E-state index contributed by atoms with van der Waals surface area (Å²) in [6.45, 7) is -1.63. The van der Waals surface area contributed by atoms with Crippen molar-refractivity contribution in [2.75, 3.05) is 24.6 Å². The highest BCUT2D eigenvalue weighted by atomic mass is 32.2. The molecular weight excluding hydrogens is 254 g/mol. The summed E-state index contributed by atoms with van der Waals surface area (Å²) in [6, 6.07) is 0. The van der Waals surface area contributed by atoms with Gasteiger partial charge < -0.3 is 11.1 Å². The molecule has 0 saturated carbocycles. The standard InChI is InChI=1S/C9H16F2N2O3S/c10-9(11,5-12)6-13-8(14)3-7-1-2-17(15,16)4-7/h7H,1-6,12H2,(H,13,14). The van der Waals surface area contributed by atoms with Crippen LogP contribution in [0.3, 0.4) is 0 Å². The minimum atomic E-state index is -3.11. The Morgan fingerprint density at radius 3 is 2.59 bits per heavy atom. The van der Waals surface area contributed by atoms with Crippen molar-refractivity contribution in [2.24, 2.45) is 11.7 Å². The third-order valence-electron chi connectivity index (χ3n) is 2.64. The van der Waals surface area contributed by atoms with Crippen LogP contribution in [0.1, 0.15) is 12.8 Å². The van der Waals surface area contributed by atoms with Gasteiger partial charge in [-0.1, -0.05) is 0 Å². The number of carbonyl (C=O) groups is 1. The molecule has 100 valence electrons. The van der Waals surface area contributed by atoms with Gasteiger partial charge >= 0.3 is 0 Å². The van der Waals surface area contributed by atoms with Gasteiger partial charge in [0.1, 0.15) is 0 Å². The summed E-state index contributed by atoms with van der Waals surface area (Å²) in [5, 5.41) is 2.06. The molecule has 8 heteroatoms. The Hall–Kier alpha value is -0.760. The molecule has 0 radical (unpaired) electrons. The smallest absolute Gasteiger partial charge is 0.277 e. The second kappa shape index (κ2) is 5.26. The SMILES string of the molecule is NCC(F)(F)CNC(=O)CC1CCS(=O)(=O)C1. The van der Waals surface area contributed by atoms with Crippen LogP contribution in [0.15, 0.2) is 0 Å². The molecule has 0 aliphatic carbocycles. The molecule has 0 aromatic rings. The topological polar surface area (TPSA) is 89.3 Å². The largest absolute Gasteiger partial charge is 0.350 e. The first kappa shape index (κ1) is 14.3. The summed E-state index contributed by atoms with van der Waals surface area (Å²) in [6.07, 6.45) is 0.392. The van der Waals surface area contributed by atoms with Crippen molar-refractivity contribution in [1.29, 1.82) is 0 Å². The molecule has 1 saturated heterocycles. The number of nitrogens with two attached hydrogens (primary N) is 1. The molecule has 1 heterocycles. The number of rotatable bonds is 5. The van der Waals surface area contributed by atoms with Crippen LogP contribution in [0.4, 0.5) is 8.78 Å². The van der Waals surface area contributed by atoms with Crippen molar-refractivity contribution in [2.45, 2.75) is 18.8 Å². The lowest BCUT2D eigenvalue weighted by Crippen LogP contribution is -2.41. The van der Waals surface area contributed by atoms with E-state index in [0.29, 0.717) is 6.42 Å². The zero-order valence-electron chi connectivity index (χ0n) is 9.29. The lowest BCUT2D eigenvalue weighted by molar-refractivity contribution is -0.123. The van der Waals surface area contributed by atoms with Crippen molar-refractivity contribution in [1.82, 2.24) is 5.32 Å². The molecule has 1 unspecified atom stereocenters. The van der Waals surface area contributed by atoms with Gasteiger partial charge in [-0.05, 0) is 12.3 Å². The van der Waals surface area contributed by atoms with Crippen LogP contribution >= 0.6 is 0 Å². The fourth-order valence-corrected chi connectivity index (χ4v) is 3.53. The molecule has 0 bridgehead atoms. The lowest BCUT2D eigenvalue weighted by atomic mass is 10.1. The molecule has 0 aromatic heterocycles. The van der Waals surface area contributed by atoms with Gasteiger partial charge in [0, 0.05) is 6.42 Å². The van der Waals surface area contributed by atoms with E-state index in [0.717, 1.165) is 0 Å². The number of alkyl halides is 2. The summed E-state index contributed by atoms with van der Waals surface area (Å²) in [5.41, 5.74) is 4.81. The third-order valence-corrected chi connectivity index (χ3v) is 4.48. The summed E-state index contributed by atoms with van der Waals surface area (Å²) in [5.74, 6) is -3.89. The maximum Gasteiger partial charge on any atom is 0.277 e. The number of amides is 1. The first-order chi connectivity index (χ1) is 7.74. The predicted octanol–water partition coefficient (Wildman–Crippen LogP) is -0.479. The number of halogens is 2. The van der Waals surface area contributed by atoms with Gasteiger partial charge in [0.15, 0.2) is 9.84 Å². The fourth-order valence-electron chi connectivity index (χ4n) is 1.67.